The van der Waals surface area contributed by atoms with Crippen molar-refractivity contribution in [2.24, 2.45) is 5.92 Å². The van der Waals surface area contributed by atoms with Crippen molar-refractivity contribution in [2.45, 2.75) is 33.2 Å². The molecular formula is C9H18BrNO. The molecule has 0 saturated carbocycles. The highest BCUT2D eigenvalue weighted by Crippen LogP contribution is 2.17. The second kappa shape index (κ2) is 4.26. The molecule has 0 aliphatic heterocycles. The molecule has 2 nitrogen and oxygen atoms in total. The Morgan fingerprint density at radius 2 is 1.92 bits per heavy atom. The molecular weight excluding hydrogens is 218 g/mol. The molecule has 0 aromatic carbocycles. The zero-order chi connectivity index (χ0) is 9.94. The van der Waals surface area contributed by atoms with Gasteiger partial charge in [-0.3, -0.25) is 4.79 Å². The summed E-state index contributed by atoms with van der Waals surface area (Å²) in [6, 6.07) is 0. The lowest BCUT2D eigenvalue weighted by molar-refractivity contribution is -0.137. The first-order valence-corrected chi connectivity index (χ1v) is 5.28. The Morgan fingerprint density at radius 1 is 1.50 bits per heavy atom. The summed E-state index contributed by atoms with van der Waals surface area (Å²) in [7, 11) is 1.85. The Kier molecular flexibility index (Phi) is 4.24. The Balaban J connectivity index is 4.38. The maximum atomic E-state index is 11.6. The first kappa shape index (κ1) is 11.9. The number of amides is 1. The number of nitrogens with zero attached hydrogens (tertiary/aromatic N) is 1. The van der Waals surface area contributed by atoms with Crippen molar-refractivity contribution in [2.75, 3.05) is 12.4 Å². The largest absolute Gasteiger partial charge is 0.340 e. The number of hydrogen-bond acceptors (Lipinski definition) is 1. The molecule has 0 heterocycles. The van der Waals surface area contributed by atoms with Crippen LogP contribution in [0.4, 0.5) is 0 Å². The van der Waals surface area contributed by atoms with Crippen LogP contribution in [0.25, 0.3) is 0 Å². The minimum absolute atomic E-state index is 0.0772. The fraction of sp³-hybridized carbons (Fsp3) is 0.889. The molecule has 1 amide bonds. The van der Waals surface area contributed by atoms with Gasteiger partial charge in [-0.25, -0.2) is 0 Å². The van der Waals surface area contributed by atoms with Crippen LogP contribution in [0.5, 0.6) is 0 Å². The van der Waals surface area contributed by atoms with Gasteiger partial charge in [-0.1, -0.05) is 29.8 Å². The Labute approximate surface area is 83.4 Å². The molecule has 0 unspecified atom stereocenters. The van der Waals surface area contributed by atoms with Crippen LogP contribution in [0.1, 0.15) is 27.7 Å². The SMILES string of the molecule is CC(C)C(=O)N(C)C(C)(C)CBr. The predicted molar refractivity (Wildman–Crippen MR) is 55.5 cm³/mol. The van der Waals surface area contributed by atoms with Crippen LogP contribution in [0.2, 0.25) is 0 Å². The molecule has 0 rings (SSSR count). The molecule has 0 aromatic rings. The van der Waals surface area contributed by atoms with E-state index in [1.54, 1.807) is 4.90 Å². The lowest BCUT2D eigenvalue weighted by Crippen LogP contribution is -2.47. The normalized spacial score (nSPS) is 11.9. The van der Waals surface area contributed by atoms with Gasteiger partial charge in [0.2, 0.25) is 5.91 Å². The molecule has 0 radical (unpaired) electrons. The van der Waals surface area contributed by atoms with Gasteiger partial charge in [0.25, 0.3) is 0 Å². The van der Waals surface area contributed by atoms with Crippen LogP contribution in [0.3, 0.4) is 0 Å². The summed E-state index contributed by atoms with van der Waals surface area (Å²) in [6.07, 6.45) is 0. The fourth-order valence-corrected chi connectivity index (χ4v) is 1.15. The van der Waals surface area contributed by atoms with Gasteiger partial charge >= 0.3 is 0 Å². The van der Waals surface area contributed by atoms with Gasteiger partial charge in [0.05, 0.1) is 0 Å². The van der Waals surface area contributed by atoms with Gasteiger partial charge in [-0.2, -0.15) is 0 Å². The zero-order valence-electron chi connectivity index (χ0n) is 8.52. The molecule has 0 bridgehead atoms. The van der Waals surface area contributed by atoms with Gasteiger partial charge < -0.3 is 4.90 Å². The molecule has 12 heavy (non-hydrogen) atoms. The summed E-state index contributed by atoms with van der Waals surface area (Å²) in [5.74, 6) is 0.271. The highest BCUT2D eigenvalue weighted by Gasteiger charge is 2.27. The third-order valence-corrected chi connectivity index (χ3v) is 3.43. The average Bonchev–Trinajstić information content (AvgIpc) is 2.01. The smallest absolute Gasteiger partial charge is 0.225 e. The van der Waals surface area contributed by atoms with Crippen LogP contribution in [0, 0.1) is 5.92 Å². The lowest BCUT2D eigenvalue weighted by Gasteiger charge is -2.35. The number of carbonyl (C=O) groups excluding carboxylic acids is 1. The van der Waals surface area contributed by atoms with Crippen LogP contribution < -0.4 is 0 Å². The lowest BCUT2D eigenvalue weighted by atomic mass is 10.0. The predicted octanol–water partition coefficient (Wildman–Crippen LogP) is 2.27. The molecule has 0 aromatic heterocycles. The third-order valence-electron chi connectivity index (χ3n) is 2.06. The number of carbonyl (C=O) groups is 1. The third kappa shape index (κ3) is 2.77. The van der Waals surface area contributed by atoms with E-state index >= 15 is 0 Å². The van der Waals surface area contributed by atoms with Crippen LogP contribution >= 0.6 is 15.9 Å². The minimum atomic E-state index is -0.0959. The number of alkyl halides is 1. The van der Waals surface area contributed by atoms with Crippen molar-refractivity contribution in [3.05, 3.63) is 0 Å². The molecule has 0 atom stereocenters. The summed E-state index contributed by atoms with van der Waals surface area (Å²) in [6.45, 7) is 7.93. The van der Waals surface area contributed by atoms with Crippen LogP contribution in [-0.4, -0.2) is 28.7 Å². The van der Waals surface area contributed by atoms with Gasteiger partial charge in [-0.05, 0) is 13.8 Å². The first-order valence-electron chi connectivity index (χ1n) is 4.16. The van der Waals surface area contributed by atoms with E-state index in [2.05, 4.69) is 15.9 Å². The van der Waals surface area contributed by atoms with Crippen LogP contribution in [0.15, 0.2) is 0 Å². The molecule has 0 saturated heterocycles. The molecule has 0 fully saturated rings. The Morgan fingerprint density at radius 3 is 2.17 bits per heavy atom. The first-order chi connectivity index (χ1) is 5.33. The zero-order valence-corrected chi connectivity index (χ0v) is 10.1. The highest BCUT2D eigenvalue weighted by molar-refractivity contribution is 9.09. The second-order valence-electron chi connectivity index (χ2n) is 4.00. The monoisotopic (exact) mass is 235 g/mol. The number of halogens is 1. The van der Waals surface area contributed by atoms with E-state index in [1.807, 2.05) is 34.7 Å². The summed E-state index contributed by atoms with van der Waals surface area (Å²) in [5, 5.41) is 0.801. The maximum Gasteiger partial charge on any atom is 0.225 e. The van der Waals surface area contributed by atoms with Gasteiger partial charge in [0, 0.05) is 23.8 Å². The van der Waals surface area contributed by atoms with Gasteiger partial charge in [-0.15, -0.1) is 0 Å². The molecule has 72 valence electrons. The average molecular weight is 236 g/mol. The number of rotatable bonds is 3. The minimum Gasteiger partial charge on any atom is -0.340 e. The quantitative estimate of drug-likeness (QED) is 0.688. The van der Waals surface area contributed by atoms with Crippen molar-refractivity contribution in [1.82, 2.24) is 4.90 Å². The molecule has 3 heteroatoms. The standard InChI is InChI=1S/C9H18BrNO/c1-7(2)8(12)11(5)9(3,4)6-10/h7H,6H2,1-5H3. The molecule has 0 spiro atoms. The topological polar surface area (TPSA) is 20.3 Å². The van der Waals surface area contributed by atoms with E-state index in [9.17, 15) is 4.79 Å². The Hall–Kier alpha value is -0.0500. The molecule has 0 aliphatic carbocycles. The van der Waals surface area contributed by atoms with Gasteiger partial charge in [0.15, 0.2) is 0 Å². The van der Waals surface area contributed by atoms with Crippen molar-refractivity contribution < 1.29 is 4.79 Å². The number of hydrogen-bond donors (Lipinski definition) is 0. The fourth-order valence-electron chi connectivity index (χ4n) is 0.775. The Bertz CT molecular complexity index is 166. The van der Waals surface area contributed by atoms with E-state index in [4.69, 9.17) is 0 Å². The van der Waals surface area contributed by atoms with E-state index in [0.717, 1.165) is 5.33 Å². The summed E-state index contributed by atoms with van der Waals surface area (Å²) >= 11 is 3.40. The maximum absolute atomic E-state index is 11.6. The van der Waals surface area contributed by atoms with E-state index in [1.165, 1.54) is 0 Å². The van der Waals surface area contributed by atoms with Crippen molar-refractivity contribution in [1.29, 1.82) is 0 Å². The molecule has 0 N–H and O–H groups in total. The summed E-state index contributed by atoms with van der Waals surface area (Å²) in [4.78, 5) is 13.4. The van der Waals surface area contributed by atoms with Crippen molar-refractivity contribution >= 4 is 21.8 Å². The van der Waals surface area contributed by atoms with Crippen LogP contribution in [-0.2, 0) is 4.79 Å². The molecule has 0 aliphatic rings. The summed E-state index contributed by atoms with van der Waals surface area (Å²) in [5.41, 5.74) is -0.0959. The van der Waals surface area contributed by atoms with E-state index in [0.29, 0.717) is 0 Å². The van der Waals surface area contributed by atoms with Crippen molar-refractivity contribution in [3.8, 4) is 0 Å². The van der Waals surface area contributed by atoms with Gasteiger partial charge in [0.1, 0.15) is 0 Å². The van der Waals surface area contributed by atoms with Crippen molar-refractivity contribution in [3.63, 3.8) is 0 Å². The van der Waals surface area contributed by atoms with E-state index < -0.39 is 0 Å². The second-order valence-corrected chi connectivity index (χ2v) is 4.56. The van der Waals surface area contributed by atoms with E-state index in [-0.39, 0.29) is 17.4 Å². The summed E-state index contributed by atoms with van der Waals surface area (Å²) < 4.78 is 0. The highest BCUT2D eigenvalue weighted by atomic mass is 79.9.